The van der Waals surface area contributed by atoms with Gasteiger partial charge in [-0.05, 0) is 24.6 Å². The summed E-state index contributed by atoms with van der Waals surface area (Å²) in [7, 11) is 0. The molecule has 2 aromatic carbocycles. The normalized spacial score (nSPS) is 11.6. The predicted molar refractivity (Wildman–Crippen MR) is 104 cm³/mol. The van der Waals surface area contributed by atoms with Crippen LogP contribution in [0.2, 0.25) is 0 Å². The number of urea groups is 1. The van der Waals surface area contributed by atoms with Gasteiger partial charge in [0.2, 0.25) is 0 Å². The third kappa shape index (κ3) is 4.82. The van der Waals surface area contributed by atoms with Crippen LogP contribution < -0.4 is 10.6 Å². The van der Waals surface area contributed by atoms with Gasteiger partial charge in [0.1, 0.15) is 0 Å². The average molecular weight is 363 g/mol. The molecule has 0 fully saturated rings. The summed E-state index contributed by atoms with van der Waals surface area (Å²) in [4.78, 5) is 28.8. The number of hydrogen-bond donors (Lipinski definition) is 2. The van der Waals surface area contributed by atoms with Crippen molar-refractivity contribution in [3.8, 4) is 0 Å². The third-order valence-corrected chi connectivity index (χ3v) is 4.06. The number of hydrogen-bond acceptors (Lipinski definition) is 4. The molecule has 138 valence electrons. The van der Waals surface area contributed by atoms with Crippen molar-refractivity contribution in [2.24, 2.45) is 0 Å². The molecule has 0 saturated carbocycles. The Kier molecular flexibility index (Phi) is 5.99. The molecule has 0 aliphatic carbocycles. The lowest BCUT2D eigenvalue weighted by molar-refractivity contribution is -0.143. The first-order chi connectivity index (χ1) is 13.2. The molecule has 0 radical (unpaired) electrons. The monoisotopic (exact) mass is 363 g/mol. The molecule has 0 saturated heterocycles. The average Bonchev–Trinajstić information content (AvgIpc) is 2.69. The Balaban J connectivity index is 1.76. The van der Waals surface area contributed by atoms with Crippen LogP contribution in [0, 0.1) is 0 Å². The number of nitrogens with one attached hydrogen (secondary N) is 2. The first kappa shape index (κ1) is 18.4. The number of amides is 2. The van der Waals surface area contributed by atoms with Gasteiger partial charge in [0.15, 0.2) is 0 Å². The smallest absolute Gasteiger partial charge is 0.319 e. The van der Waals surface area contributed by atoms with E-state index in [1.54, 1.807) is 19.2 Å². The van der Waals surface area contributed by atoms with Crippen molar-refractivity contribution >= 4 is 28.6 Å². The van der Waals surface area contributed by atoms with Gasteiger partial charge in [0.25, 0.3) is 0 Å². The number of esters is 1. The van der Waals surface area contributed by atoms with E-state index in [-0.39, 0.29) is 12.4 Å². The zero-order valence-corrected chi connectivity index (χ0v) is 15.0. The summed E-state index contributed by atoms with van der Waals surface area (Å²) in [6, 6.07) is 17.8. The number of benzene rings is 2. The summed E-state index contributed by atoms with van der Waals surface area (Å²) in [5, 5.41) is 6.61. The molecule has 27 heavy (non-hydrogen) atoms. The van der Waals surface area contributed by atoms with Crippen LogP contribution in [0.15, 0.2) is 66.9 Å². The minimum absolute atomic E-state index is 0.0546. The number of carbonyl (C=O) groups excluding carboxylic acids is 2. The molecule has 1 atom stereocenters. The van der Waals surface area contributed by atoms with Gasteiger partial charge in [0, 0.05) is 11.6 Å². The number of fused-ring (bicyclic) bond motifs is 1. The van der Waals surface area contributed by atoms with E-state index >= 15 is 0 Å². The second-order valence-electron chi connectivity index (χ2n) is 5.95. The Labute approximate surface area is 157 Å². The Bertz CT molecular complexity index is 923. The largest absolute Gasteiger partial charge is 0.466 e. The summed E-state index contributed by atoms with van der Waals surface area (Å²) in [5.41, 5.74) is 2.14. The van der Waals surface area contributed by atoms with E-state index in [1.165, 1.54) is 0 Å². The van der Waals surface area contributed by atoms with Crippen LogP contribution in [0.5, 0.6) is 0 Å². The zero-order valence-electron chi connectivity index (χ0n) is 15.0. The number of anilines is 1. The molecule has 1 heterocycles. The highest BCUT2D eigenvalue weighted by atomic mass is 16.5. The summed E-state index contributed by atoms with van der Waals surface area (Å²) in [6.07, 6.45) is 1.73. The Morgan fingerprint density at radius 1 is 1.04 bits per heavy atom. The highest BCUT2D eigenvalue weighted by Crippen LogP contribution is 2.22. The third-order valence-electron chi connectivity index (χ3n) is 4.06. The van der Waals surface area contributed by atoms with E-state index in [1.807, 2.05) is 54.6 Å². The maximum Gasteiger partial charge on any atom is 0.319 e. The molecule has 1 aromatic heterocycles. The van der Waals surface area contributed by atoms with E-state index < -0.39 is 12.1 Å². The van der Waals surface area contributed by atoms with E-state index in [0.717, 1.165) is 10.9 Å². The van der Waals surface area contributed by atoms with Crippen molar-refractivity contribution in [1.29, 1.82) is 0 Å². The van der Waals surface area contributed by atoms with Gasteiger partial charge in [-0.3, -0.25) is 9.78 Å². The molecule has 0 spiro atoms. The molecule has 0 aliphatic heterocycles. The van der Waals surface area contributed by atoms with E-state index in [4.69, 9.17) is 4.74 Å². The van der Waals surface area contributed by atoms with E-state index in [2.05, 4.69) is 15.6 Å². The first-order valence-corrected chi connectivity index (χ1v) is 8.79. The van der Waals surface area contributed by atoms with Crippen LogP contribution in [-0.2, 0) is 9.53 Å². The van der Waals surface area contributed by atoms with E-state index in [9.17, 15) is 9.59 Å². The fourth-order valence-corrected chi connectivity index (χ4v) is 2.85. The lowest BCUT2D eigenvalue weighted by Crippen LogP contribution is -2.34. The molecular weight excluding hydrogens is 342 g/mol. The minimum atomic E-state index is -0.492. The maximum absolute atomic E-state index is 12.6. The highest BCUT2D eigenvalue weighted by molar-refractivity contribution is 5.99. The SMILES string of the molecule is CCOC(=O)C[C@H](NC(=O)Nc1cccc2cccnc12)c1ccccc1. The van der Waals surface area contributed by atoms with Crippen LogP contribution in [0.1, 0.15) is 24.9 Å². The van der Waals surface area contributed by atoms with E-state index in [0.29, 0.717) is 17.8 Å². The summed E-state index contributed by atoms with van der Waals surface area (Å²) < 4.78 is 5.03. The standard InChI is InChI=1S/C21H21N3O3/c1-2-27-19(25)14-18(15-8-4-3-5-9-15)24-21(26)23-17-12-6-10-16-11-7-13-22-20(16)17/h3-13,18H,2,14H2,1H3,(H2,23,24,26)/t18-/m0/s1. The molecular formula is C21H21N3O3. The molecule has 2 N–H and O–H groups in total. The highest BCUT2D eigenvalue weighted by Gasteiger charge is 2.19. The molecule has 6 heteroatoms. The fourth-order valence-electron chi connectivity index (χ4n) is 2.85. The molecule has 0 aliphatic rings. The van der Waals surface area contributed by atoms with Crippen molar-refractivity contribution in [3.63, 3.8) is 0 Å². The minimum Gasteiger partial charge on any atom is -0.466 e. The maximum atomic E-state index is 12.6. The van der Waals surface area contributed by atoms with Crippen molar-refractivity contribution < 1.29 is 14.3 Å². The number of rotatable bonds is 6. The molecule has 3 aromatic rings. The van der Waals surface area contributed by atoms with Crippen LogP contribution >= 0.6 is 0 Å². The lowest BCUT2D eigenvalue weighted by Gasteiger charge is -2.19. The molecule has 0 bridgehead atoms. The summed E-state index contributed by atoms with van der Waals surface area (Å²) in [6.45, 7) is 2.05. The van der Waals surface area contributed by atoms with Crippen LogP contribution in [0.4, 0.5) is 10.5 Å². The second-order valence-corrected chi connectivity index (χ2v) is 5.95. The molecule has 3 rings (SSSR count). The number of aromatic nitrogens is 1. The predicted octanol–water partition coefficient (Wildman–Crippen LogP) is 4.05. The van der Waals surface area contributed by atoms with Crippen molar-refractivity contribution in [2.75, 3.05) is 11.9 Å². The second kappa shape index (κ2) is 8.80. The fraction of sp³-hybridized carbons (Fsp3) is 0.190. The summed E-state index contributed by atoms with van der Waals surface area (Å²) in [5.74, 6) is -0.363. The zero-order chi connectivity index (χ0) is 19.1. The van der Waals surface area contributed by atoms with Crippen LogP contribution in [0.3, 0.4) is 0 Å². The van der Waals surface area contributed by atoms with Gasteiger partial charge < -0.3 is 15.4 Å². The van der Waals surface area contributed by atoms with Gasteiger partial charge in [-0.1, -0.05) is 48.5 Å². The van der Waals surface area contributed by atoms with Gasteiger partial charge in [-0.25, -0.2) is 4.79 Å². The van der Waals surface area contributed by atoms with Gasteiger partial charge >= 0.3 is 12.0 Å². The number of para-hydroxylation sites is 1. The number of ether oxygens (including phenoxy) is 1. The number of pyridine rings is 1. The quantitative estimate of drug-likeness (QED) is 0.648. The number of carbonyl (C=O) groups is 2. The topological polar surface area (TPSA) is 80.3 Å². The van der Waals surface area contributed by atoms with Crippen LogP contribution in [-0.4, -0.2) is 23.6 Å². The van der Waals surface area contributed by atoms with Gasteiger partial charge in [-0.15, -0.1) is 0 Å². The lowest BCUT2D eigenvalue weighted by atomic mass is 10.0. The Morgan fingerprint density at radius 3 is 2.59 bits per heavy atom. The number of nitrogens with zero attached hydrogens (tertiary/aromatic N) is 1. The van der Waals surface area contributed by atoms with Crippen molar-refractivity contribution in [3.05, 3.63) is 72.4 Å². The molecule has 2 amide bonds. The summed E-state index contributed by atoms with van der Waals surface area (Å²) >= 11 is 0. The van der Waals surface area contributed by atoms with Crippen molar-refractivity contribution in [1.82, 2.24) is 10.3 Å². The Hall–Kier alpha value is -3.41. The first-order valence-electron chi connectivity index (χ1n) is 8.79. The molecule has 0 unspecified atom stereocenters. The van der Waals surface area contributed by atoms with Gasteiger partial charge in [-0.2, -0.15) is 0 Å². The van der Waals surface area contributed by atoms with Gasteiger partial charge in [0.05, 0.1) is 30.3 Å². The molecule has 6 nitrogen and oxygen atoms in total. The van der Waals surface area contributed by atoms with Crippen molar-refractivity contribution in [2.45, 2.75) is 19.4 Å². The Morgan fingerprint density at radius 2 is 1.81 bits per heavy atom. The van der Waals surface area contributed by atoms with Crippen LogP contribution in [0.25, 0.3) is 10.9 Å².